The van der Waals surface area contributed by atoms with E-state index in [4.69, 9.17) is 0 Å². The monoisotopic (exact) mass is 338 g/mol. The van der Waals surface area contributed by atoms with E-state index in [9.17, 15) is 4.79 Å². The van der Waals surface area contributed by atoms with Gasteiger partial charge in [0, 0.05) is 29.2 Å². The molecule has 1 aliphatic carbocycles. The van der Waals surface area contributed by atoms with Crippen LogP contribution in [0.2, 0.25) is 0 Å². The normalized spacial score (nSPS) is 16.4. The van der Waals surface area contributed by atoms with Gasteiger partial charge in [-0.2, -0.15) is 0 Å². The summed E-state index contributed by atoms with van der Waals surface area (Å²) >= 11 is 3.41. The molecule has 0 radical (unpaired) electrons. The number of nitrogens with one attached hydrogen (secondary N) is 2. The Morgan fingerprint density at radius 3 is 2.40 bits per heavy atom. The summed E-state index contributed by atoms with van der Waals surface area (Å²) in [5.74, 6) is 0.168. The summed E-state index contributed by atoms with van der Waals surface area (Å²) in [4.78, 5) is 11.9. The Bertz CT molecular complexity index is 411. The van der Waals surface area contributed by atoms with Gasteiger partial charge in [-0.05, 0) is 37.1 Å². The first-order valence-electron chi connectivity index (χ1n) is 7.53. The molecule has 1 aromatic rings. The highest BCUT2D eigenvalue weighted by Gasteiger charge is 2.14. The second kappa shape index (κ2) is 8.30. The summed E-state index contributed by atoms with van der Waals surface area (Å²) in [7, 11) is 0. The number of amides is 1. The maximum absolute atomic E-state index is 11.9. The molecule has 1 saturated carbocycles. The highest BCUT2D eigenvalue weighted by atomic mass is 79.9. The molecule has 0 aromatic heterocycles. The van der Waals surface area contributed by atoms with E-state index in [0.29, 0.717) is 19.0 Å². The van der Waals surface area contributed by atoms with Gasteiger partial charge in [-0.3, -0.25) is 4.79 Å². The summed E-state index contributed by atoms with van der Waals surface area (Å²) in [5, 5.41) is 6.44. The molecule has 2 rings (SSSR count). The van der Waals surface area contributed by atoms with Crippen LogP contribution in [0.4, 0.5) is 5.69 Å². The fourth-order valence-electron chi connectivity index (χ4n) is 2.61. The Kier molecular flexibility index (Phi) is 6.37. The summed E-state index contributed by atoms with van der Waals surface area (Å²) in [6.07, 6.45) is 7.96. The first-order chi connectivity index (χ1) is 9.74. The van der Waals surface area contributed by atoms with Crippen molar-refractivity contribution < 1.29 is 4.79 Å². The van der Waals surface area contributed by atoms with E-state index in [-0.39, 0.29) is 5.91 Å². The number of rotatable bonds is 5. The molecule has 20 heavy (non-hydrogen) atoms. The van der Waals surface area contributed by atoms with Gasteiger partial charge in [0.1, 0.15) is 0 Å². The van der Waals surface area contributed by atoms with Crippen LogP contribution in [0.5, 0.6) is 0 Å². The van der Waals surface area contributed by atoms with Gasteiger partial charge in [-0.15, -0.1) is 0 Å². The third-order valence-electron chi connectivity index (χ3n) is 3.75. The number of anilines is 1. The molecule has 0 atom stereocenters. The lowest BCUT2D eigenvalue weighted by molar-refractivity contribution is -0.121. The SMILES string of the molecule is O=C(CCNc1ccc(Br)cc1)NC1CCCCCC1. The van der Waals surface area contributed by atoms with Crippen LogP contribution in [0.25, 0.3) is 0 Å². The Morgan fingerprint density at radius 2 is 1.75 bits per heavy atom. The van der Waals surface area contributed by atoms with E-state index in [2.05, 4.69) is 26.6 Å². The second-order valence-electron chi connectivity index (χ2n) is 5.44. The number of halogens is 1. The van der Waals surface area contributed by atoms with E-state index in [1.165, 1.54) is 25.7 Å². The molecule has 2 N–H and O–H groups in total. The van der Waals surface area contributed by atoms with Crippen molar-refractivity contribution >= 4 is 27.5 Å². The Balaban J connectivity index is 1.65. The fraction of sp³-hybridized carbons (Fsp3) is 0.562. The van der Waals surface area contributed by atoms with Crippen LogP contribution >= 0.6 is 15.9 Å². The molecule has 1 fully saturated rings. The van der Waals surface area contributed by atoms with E-state index < -0.39 is 0 Å². The summed E-state index contributed by atoms with van der Waals surface area (Å²) in [5.41, 5.74) is 1.05. The first-order valence-corrected chi connectivity index (χ1v) is 8.32. The van der Waals surface area contributed by atoms with Crippen LogP contribution in [0, 0.1) is 0 Å². The second-order valence-corrected chi connectivity index (χ2v) is 6.36. The molecular weight excluding hydrogens is 316 g/mol. The largest absolute Gasteiger partial charge is 0.385 e. The zero-order valence-electron chi connectivity index (χ0n) is 11.8. The summed E-state index contributed by atoms with van der Waals surface area (Å²) in [6.45, 7) is 0.681. The van der Waals surface area contributed by atoms with Crippen molar-refractivity contribution in [3.63, 3.8) is 0 Å². The van der Waals surface area contributed by atoms with Gasteiger partial charge >= 0.3 is 0 Å². The molecule has 1 aromatic carbocycles. The fourth-order valence-corrected chi connectivity index (χ4v) is 2.88. The minimum absolute atomic E-state index is 0.168. The molecule has 1 amide bonds. The van der Waals surface area contributed by atoms with Crippen LogP contribution in [0.15, 0.2) is 28.7 Å². The lowest BCUT2D eigenvalue weighted by atomic mass is 10.1. The Hall–Kier alpha value is -1.03. The molecule has 0 spiro atoms. The van der Waals surface area contributed by atoms with E-state index in [1.807, 2.05) is 24.3 Å². The number of hydrogen-bond donors (Lipinski definition) is 2. The molecule has 0 unspecified atom stereocenters. The van der Waals surface area contributed by atoms with Crippen LogP contribution in [0.1, 0.15) is 44.9 Å². The summed E-state index contributed by atoms with van der Waals surface area (Å²) < 4.78 is 1.06. The first kappa shape index (κ1) is 15.4. The van der Waals surface area contributed by atoms with E-state index in [0.717, 1.165) is 23.0 Å². The molecule has 110 valence electrons. The van der Waals surface area contributed by atoms with E-state index in [1.54, 1.807) is 0 Å². The Labute approximate surface area is 129 Å². The highest BCUT2D eigenvalue weighted by Crippen LogP contribution is 2.17. The minimum Gasteiger partial charge on any atom is -0.385 e. The standard InChI is InChI=1S/C16H23BrN2O/c17-13-7-9-14(10-8-13)18-12-11-16(20)19-15-5-3-1-2-4-6-15/h7-10,15,18H,1-6,11-12H2,(H,19,20). The lowest BCUT2D eigenvalue weighted by Crippen LogP contribution is -2.35. The third kappa shape index (κ3) is 5.53. The van der Waals surface area contributed by atoms with Gasteiger partial charge in [0.25, 0.3) is 0 Å². The average molecular weight is 339 g/mol. The van der Waals surface area contributed by atoms with Crippen molar-refractivity contribution in [1.82, 2.24) is 5.32 Å². The van der Waals surface area contributed by atoms with Gasteiger partial charge < -0.3 is 10.6 Å². The molecule has 1 aliphatic rings. The number of hydrogen-bond acceptors (Lipinski definition) is 2. The predicted octanol–water partition coefficient (Wildman–Crippen LogP) is 4.09. The zero-order chi connectivity index (χ0) is 14.2. The Morgan fingerprint density at radius 1 is 1.10 bits per heavy atom. The van der Waals surface area contributed by atoms with Crippen molar-refractivity contribution in [3.8, 4) is 0 Å². The average Bonchev–Trinajstić information content (AvgIpc) is 2.70. The van der Waals surface area contributed by atoms with Crippen molar-refractivity contribution in [2.24, 2.45) is 0 Å². The molecular formula is C16H23BrN2O. The molecule has 0 heterocycles. The topological polar surface area (TPSA) is 41.1 Å². The van der Waals surface area contributed by atoms with Crippen molar-refractivity contribution in [2.45, 2.75) is 51.0 Å². The predicted molar refractivity (Wildman–Crippen MR) is 86.9 cm³/mol. The molecule has 3 nitrogen and oxygen atoms in total. The van der Waals surface area contributed by atoms with Crippen LogP contribution in [-0.4, -0.2) is 18.5 Å². The maximum Gasteiger partial charge on any atom is 0.221 e. The molecule has 0 bridgehead atoms. The number of carbonyl (C=O) groups excluding carboxylic acids is 1. The van der Waals surface area contributed by atoms with E-state index >= 15 is 0 Å². The maximum atomic E-state index is 11.9. The van der Waals surface area contributed by atoms with Gasteiger partial charge in [0.15, 0.2) is 0 Å². The lowest BCUT2D eigenvalue weighted by Gasteiger charge is -2.16. The van der Waals surface area contributed by atoms with Gasteiger partial charge in [-0.25, -0.2) is 0 Å². The van der Waals surface area contributed by atoms with Crippen LogP contribution in [-0.2, 0) is 4.79 Å². The molecule has 4 heteroatoms. The molecule has 0 saturated heterocycles. The van der Waals surface area contributed by atoms with Crippen LogP contribution in [0.3, 0.4) is 0 Å². The minimum atomic E-state index is 0.168. The number of benzene rings is 1. The van der Waals surface area contributed by atoms with Crippen LogP contribution < -0.4 is 10.6 Å². The van der Waals surface area contributed by atoms with Gasteiger partial charge in [0.2, 0.25) is 5.91 Å². The van der Waals surface area contributed by atoms with Crippen molar-refractivity contribution in [2.75, 3.05) is 11.9 Å². The zero-order valence-corrected chi connectivity index (χ0v) is 13.4. The number of carbonyl (C=O) groups is 1. The summed E-state index contributed by atoms with van der Waals surface area (Å²) in [6, 6.07) is 8.40. The van der Waals surface area contributed by atoms with Gasteiger partial charge in [-0.1, -0.05) is 41.6 Å². The van der Waals surface area contributed by atoms with Crippen molar-refractivity contribution in [3.05, 3.63) is 28.7 Å². The van der Waals surface area contributed by atoms with Gasteiger partial charge in [0.05, 0.1) is 0 Å². The smallest absolute Gasteiger partial charge is 0.221 e. The highest BCUT2D eigenvalue weighted by molar-refractivity contribution is 9.10. The quantitative estimate of drug-likeness (QED) is 0.794. The third-order valence-corrected chi connectivity index (χ3v) is 4.27. The molecule has 0 aliphatic heterocycles. The van der Waals surface area contributed by atoms with Crippen molar-refractivity contribution in [1.29, 1.82) is 0 Å².